The van der Waals surface area contributed by atoms with Crippen molar-refractivity contribution in [1.29, 1.82) is 0 Å². The van der Waals surface area contributed by atoms with Gasteiger partial charge in [0.2, 0.25) is 5.91 Å². The van der Waals surface area contributed by atoms with Crippen LogP contribution in [0.3, 0.4) is 0 Å². The molecule has 0 saturated carbocycles. The van der Waals surface area contributed by atoms with Crippen LogP contribution in [-0.4, -0.2) is 51.1 Å². The molecule has 0 radical (unpaired) electrons. The zero-order valence-corrected chi connectivity index (χ0v) is 17.5. The molecule has 152 valence electrons. The number of carbonyl (C=O) groups is 1. The van der Waals surface area contributed by atoms with Crippen molar-refractivity contribution in [2.24, 2.45) is 0 Å². The van der Waals surface area contributed by atoms with Crippen LogP contribution in [0.2, 0.25) is 0 Å². The molecule has 1 N–H and O–H groups in total. The Bertz CT molecular complexity index is 979. The van der Waals surface area contributed by atoms with Crippen LogP contribution >= 0.6 is 11.8 Å². The summed E-state index contributed by atoms with van der Waals surface area (Å²) in [6, 6.07) is 15.8. The Morgan fingerprint density at radius 3 is 2.55 bits per heavy atom. The molecule has 0 bridgehead atoms. The van der Waals surface area contributed by atoms with E-state index in [1.807, 2.05) is 48.5 Å². The molecule has 1 aromatic heterocycles. The van der Waals surface area contributed by atoms with E-state index in [0.29, 0.717) is 24.7 Å². The summed E-state index contributed by atoms with van der Waals surface area (Å²) in [6.07, 6.45) is 0. The highest BCUT2D eigenvalue weighted by Crippen LogP contribution is 2.39. The number of rotatable bonds is 9. The topological polar surface area (TPSA) is 69.7 Å². The number of nitrogens with one attached hydrogen (secondary N) is 1. The number of methoxy groups -OCH3 is 3. The Balaban J connectivity index is 2.00. The van der Waals surface area contributed by atoms with E-state index in [4.69, 9.17) is 19.2 Å². The van der Waals surface area contributed by atoms with Gasteiger partial charge in [0, 0.05) is 25.8 Å². The van der Waals surface area contributed by atoms with E-state index >= 15 is 0 Å². The van der Waals surface area contributed by atoms with Gasteiger partial charge in [-0.1, -0.05) is 42.1 Å². The van der Waals surface area contributed by atoms with Crippen molar-refractivity contribution >= 4 is 28.6 Å². The van der Waals surface area contributed by atoms with Crippen molar-refractivity contribution in [3.8, 4) is 22.6 Å². The molecule has 0 aliphatic rings. The first-order valence-corrected chi connectivity index (χ1v) is 10.2. The lowest BCUT2D eigenvalue weighted by Gasteiger charge is -2.14. The number of hydrogen-bond acceptors (Lipinski definition) is 6. The monoisotopic (exact) mass is 412 g/mol. The summed E-state index contributed by atoms with van der Waals surface area (Å²) < 4.78 is 16.0. The zero-order chi connectivity index (χ0) is 20.6. The lowest BCUT2D eigenvalue weighted by Crippen LogP contribution is -2.28. The molecule has 0 fully saturated rings. The lowest BCUT2D eigenvalue weighted by atomic mass is 10.0. The molecule has 0 aliphatic heterocycles. The van der Waals surface area contributed by atoms with E-state index in [1.165, 1.54) is 11.8 Å². The fourth-order valence-corrected chi connectivity index (χ4v) is 3.71. The smallest absolute Gasteiger partial charge is 0.230 e. The molecule has 1 heterocycles. The first-order valence-electron chi connectivity index (χ1n) is 9.17. The molecule has 2 aromatic carbocycles. The van der Waals surface area contributed by atoms with Crippen molar-refractivity contribution in [2.75, 3.05) is 40.2 Å². The molecule has 3 rings (SSSR count). The fraction of sp³-hybridized carbons (Fsp3) is 0.273. The van der Waals surface area contributed by atoms with Gasteiger partial charge in [-0.15, -0.1) is 0 Å². The first-order chi connectivity index (χ1) is 14.2. The largest absolute Gasteiger partial charge is 0.497 e. The molecule has 29 heavy (non-hydrogen) atoms. The molecule has 7 heteroatoms. The van der Waals surface area contributed by atoms with Gasteiger partial charge in [0.1, 0.15) is 11.5 Å². The van der Waals surface area contributed by atoms with Crippen molar-refractivity contribution in [3.05, 3.63) is 48.5 Å². The van der Waals surface area contributed by atoms with Crippen LogP contribution < -0.4 is 14.8 Å². The quantitative estimate of drug-likeness (QED) is 0.426. The van der Waals surface area contributed by atoms with Crippen LogP contribution in [-0.2, 0) is 9.53 Å². The molecule has 1 amide bonds. The fourth-order valence-electron chi connectivity index (χ4n) is 2.96. The van der Waals surface area contributed by atoms with E-state index < -0.39 is 0 Å². The predicted octanol–water partition coefficient (Wildman–Crippen LogP) is 3.77. The molecule has 0 atom stereocenters. The maximum atomic E-state index is 12.1. The Morgan fingerprint density at radius 1 is 1.07 bits per heavy atom. The average molecular weight is 413 g/mol. The van der Waals surface area contributed by atoms with Gasteiger partial charge in [0.25, 0.3) is 0 Å². The van der Waals surface area contributed by atoms with Gasteiger partial charge in [0.15, 0.2) is 0 Å². The second-order valence-electron chi connectivity index (χ2n) is 6.23. The molecular formula is C22H24N2O4S. The summed E-state index contributed by atoms with van der Waals surface area (Å²) in [5, 5.41) is 4.49. The summed E-state index contributed by atoms with van der Waals surface area (Å²) in [5.41, 5.74) is 2.80. The number of hydrogen-bond donors (Lipinski definition) is 1. The number of ether oxygens (including phenoxy) is 3. The number of pyridine rings is 1. The standard InChI is InChI=1S/C22H24N2O4S/c1-26-10-9-23-20(25)14-29-21-13-17(15-7-5-4-6-8-15)22-18(24-21)11-16(27-2)12-19(22)28-3/h4-8,11-13H,9-10,14H2,1-3H3,(H,23,25). The highest BCUT2D eigenvalue weighted by Gasteiger charge is 2.15. The van der Waals surface area contributed by atoms with Crippen LogP contribution in [0.4, 0.5) is 0 Å². The van der Waals surface area contributed by atoms with Crippen molar-refractivity contribution < 1.29 is 19.0 Å². The minimum Gasteiger partial charge on any atom is -0.497 e. The van der Waals surface area contributed by atoms with Gasteiger partial charge >= 0.3 is 0 Å². The van der Waals surface area contributed by atoms with Crippen LogP contribution in [0.1, 0.15) is 0 Å². The van der Waals surface area contributed by atoms with Gasteiger partial charge in [-0.25, -0.2) is 4.98 Å². The van der Waals surface area contributed by atoms with Crippen molar-refractivity contribution in [1.82, 2.24) is 10.3 Å². The highest BCUT2D eigenvalue weighted by atomic mass is 32.2. The summed E-state index contributed by atoms with van der Waals surface area (Å²) in [5.74, 6) is 1.58. The predicted molar refractivity (Wildman–Crippen MR) is 116 cm³/mol. The normalized spacial score (nSPS) is 10.7. The maximum absolute atomic E-state index is 12.1. The number of thioether (sulfide) groups is 1. The third-order valence-corrected chi connectivity index (χ3v) is 5.25. The Kier molecular flexibility index (Phi) is 7.32. The van der Waals surface area contributed by atoms with Gasteiger partial charge < -0.3 is 19.5 Å². The average Bonchev–Trinajstić information content (AvgIpc) is 2.77. The van der Waals surface area contributed by atoms with E-state index in [0.717, 1.165) is 27.1 Å². The van der Waals surface area contributed by atoms with E-state index in [-0.39, 0.29) is 11.7 Å². The van der Waals surface area contributed by atoms with E-state index in [2.05, 4.69) is 5.32 Å². The number of benzene rings is 2. The number of nitrogens with zero attached hydrogens (tertiary/aromatic N) is 1. The summed E-state index contributed by atoms with van der Waals surface area (Å²) in [6.45, 7) is 0.979. The van der Waals surface area contributed by atoms with Crippen LogP contribution in [0, 0.1) is 0 Å². The summed E-state index contributed by atoms with van der Waals surface area (Å²) >= 11 is 1.39. The van der Waals surface area contributed by atoms with Gasteiger partial charge in [0.05, 0.1) is 42.5 Å². The highest BCUT2D eigenvalue weighted by molar-refractivity contribution is 7.99. The van der Waals surface area contributed by atoms with Crippen molar-refractivity contribution in [2.45, 2.75) is 5.03 Å². The van der Waals surface area contributed by atoms with Crippen LogP contribution in [0.25, 0.3) is 22.0 Å². The van der Waals surface area contributed by atoms with Crippen LogP contribution in [0.15, 0.2) is 53.6 Å². The second-order valence-corrected chi connectivity index (χ2v) is 7.22. The molecule has 0 unspecified atom stereocenters. The molecule has 6 nitrogen and oxygen atoms in total. The summed E-state index contributed by atoms with van der Waals surface area (Å²) in [7, 11) is 4.85. The lowest BCUT2D eigenvalue weighted by molar-refractivity contribution is -0.118. The third-order valence-electron chi connectivity index (χ3n) is 4.34. The number of fused-ring (bicyclic) bond motifs is 1. The summed E-state index contributed by atoms with van der Waals surface area (Å²) in [4.78, 5) is 16.8. The number of carbonyl (C=O) groups excluding carboxylic acids is 1. The van der Waals surface area contributed by atoms with Gasteiger partial charge in [-0.2, -0.15) is 0 Å². The number of amides is 1. The molecule has 0 saturated heterocycles. The SMILES string of the molecule is COCCNC(=O)CSc1cc(-c2ccccc2)c2c(OC)cc(OC)cc2n1. The van der Waals surface area contributed by atoms with E-state index in [1.54, 1.807) is 21.3 Å². The van der Waals surface area contributed by atoms with Gasteiger partial charge in [-0.3, -0.25) is 4.79 Å². The Labute approximate surface area is 174 Å². The zero-order valence-electron chi connectivity index (χ0n) is 16.7. The maximum Gasteiger partial charge on any atom is 0.230 e. The Morgan fingerprint density at radius 2 is 1.86 bits per heavy atom. The first kappa shape index (κ1) is 21.0. The third kappa shape index (κ3) is 5.19. The molecular weight excluding hydrogens is 388 g/mol. The minimum absolute atomic E-state index is 0.0570. The van der Waals surface area contributed by atoms with Gasteiger partial charge in [-0.05, 0) is 17.2 Å². The van der Waals surface area contributed by atoms with E-state index in [9.17, 15) is 4.79 Å². The van der Waals surface area contributed by atoms with Crippen LogP contribution in [0.5, 0.6) is 11.5 Å². The molecule has 0 spiro atoms. The van der Waals surface area contributed by atoms with Crippen molar-refractivity contribution in [3.63, 3.8) is 0 Å². The second kappa shape index (κ2) is 10.1. The Hall–Kier alpha value is -2.77. The molecule has 3 aromatic rings. The molecule has 0 aliphatic carbocycles. The number of aromatic nitrogens is 1. The minimum atomic E-state index is -0.0570.